The Balaban J connectivity index is 1.73. The Hall–Kier alpha value is -2.90. The Morgan fingerprint density at radius 2 is 1.65 bits per heavy atom. The summed E-state index contributed by atoms with van der Waals surface area (Å²) in [6.07, 6.45) is 1.83. The number of nitrogens with zero attached hydrogens (tertiary/aromatic N) is 3. The molecule has 7 heteroatoms. The molecule has 3 aromatic rings. The molecule has 1 aromatic heterocycles. The van der Waals surface area contributed by atoms with Gasteiger partial charge in [0.05, 0.1) is 16.3 Å². The summed E-state index contributed by atoms with van der Waals surface area (Å²) in [6, 6.07) is 17.5. The van der Waals surface area contributed by atoms with Crippen molar-refractivity contribution in [2.45, 2.75) is 26.7 Å². The number of carbonyl (C=O) groups excluding carboxylic acids is 1. The monoisotopic (exact) mass is 449 g/mol. The fraction of sp³-hybridized carbons (Fsp3) is 0.208. The van der Waals surface area contributed by atoms with Crippen LogP contribution in [0.15, 0.2) is 64.3 Å². The van der Waals surface area contributed by atoms with Gasteiger partial charge in [0.1, 0.15) is 5.69 Å². The van der Waals surface area contributed by atoms with E-state index in [1.54, 1.807) is 16.4 Å². The Bertz CT molecular complexity index is 1250. The van der Waals surface area contributed by atoms with Crippen LogP contribution in [0.3, 0.4) is 0 Å². The third-order valence-electron chi connectivity index (χ3n) is 5.44. The summed E-state index contributed by atoms with van der Waals surface area (Å²) in [5, 5.41) is 0. The van der Waals surface area contributed by atoms with Gasteiger partial charge >= 0.3 is 0 Å². The first-order valence-electron chi connectivity index (χ1n) is 10.0. The summed E-state index contributed by atoms with van der Waals surface area (Å²) in [5.41, 5.74) is 3.60. The van der Waals surface area contributed by atoms with E-state index in [2.05, 4.69) is 26.0 Å². The van der Waals surface area contributed by atoms with E-state index in [0.29, 0.717) is 26.5 Å². The lowest BCUT2D eigenvalue weighted by molar-refractivity contribution is -0.113. The van der Waals surface area contributed by atoms with Crippen molar-refractivity contribution < 1.29 is 4.79 Å². The maximum absolute atomic E-state index is 13.3. The van der Waals surface area contributed by atoms with Crippen LogP contribution in [0.5, 0.6) is 0 Å². The lowest BCUT2D eigenvalue weighted by Crippen LogP contribution is -2.33. The molecule has 0 atom stereocenters. The number of amides is 1. The van der Waals surface area contributed by atoms with E-state index < -0.39 is 0 Å². The second kappa shape index (κ2) is 8.32. The number of rotatable bonds is 4. The van der Waals surface area contributed by atoms with Gasteiger partial charge in [0.15, 0.2) is 4.32 Å². The van der Waals surface area contributed by atoms with Crippen LogP contribution in [0, 0.1) is 6.92 Å². The number of thiocarbonyl (C=S) groups is 1. The topological polar surface area (TPSA) is 47.2 Å². The van der Waals surface area contributed by atoms with E-state index in [1.165, 1.54) is 22.2 Å². The van der Waals surface area contributed by atoms with Crippen LogP contribution < -0.4 is 10.5 Å². The predicted octanol–water partition coefficient (Wildman–Crippen LogP) is 5.01. The molecule has 0 saturated carbocycles. The minimum absolute atomic E-state index is 0.269. The molecule has 1 fully saturated rings. The van der Waals surface area contributed by atoms with Gasteiger partial charge in [-0.25, -0.2) is 4.68 Å². The zero-order valence-electron chi connectivity index (χ0n) is 17.8. The maximum atomic E-state index is 13.3. The molecule has 1 saturated heterocycles. The van der Waals surface area contributed by atoms with E-state index in [4.69, 9.17) is 12.2 Å². The summed E-state index contributed by atoms with van der Waals surface area (Å²) in [6.45, 7) is 6.11. The van der Waals surface area contributed by atoms with Crippen molar-refractivity contribution in [1.82, 2.24) is 9.36 Å². The Labute approximate surface area is 191 Å². The summed E-state index contributed by atoms with van der Waals surface area (Å²) < 4.78 is 3.67. The van der Waals surface area contributed by atoms with Crippen LogP contribution in [-0.4, -0.2) is 19.6 Å². The molecule has 0 N–H and O–H groups in total. The molecule has 1 aliphatic rings. The van der Waals surface area contributed by atoms with Gasteiger partial charge in [-0.3, -0.25) is 19.2 Å². The highest BCUT2D eigenvalue weighted by Crippen LogP contribution is 2.36. The van der Waals surface area contributed by atoms with Crippen molar-refractivity contribution in [2.75, 3.05) is 4.90 Å². The number of thioether (sulfide) groups is 1. The van der Waals surface area contributed by atoms with E-state index >= 15 is 0 Å². The third-order valence-corrected chi connectivity index (χ3v) is 6.74. The van der Waals surface area contributed by atoms with Crippen LogP contribution in [0.4, 0.5) is 5.69 Å². The highest BCUT2D eigenvalue weighted by Gasteiger charge is 2.37. The number of hydrogen-bond donors (Lipinski definition) is 0. The SMILES string of the molecule is Cc1c(N2C(=O)/C(=C\c3ccc(C(C)C)cc3)SC2=S)c(=O)n(-c2ccccc2)n1C. The molecule has 0 bridgehead atoms. The molecule has 0 unspecified atom stereocenters. The molecular formula is C24H23N3O2S2. The van der Waals surface area contributed by atoms with Crippen molar-refractivity contribution in [3.05, 3.63) is 86.7 Å². The molecule has 5 nitrogen and oxygen atoms in total. The van der Waals surface area contributed by atoms with Gasteiger partial charge < -0.3 is 0 Å². The molecular weight excluding hydrogens is 426 g/mol. The number of carbonyl (C=O) groups is 1. The van der Waals surface area contributed by atoms with Crippen molar-refractivity contribution in [3.8, 4) is 5.69 Å². The lowest BCUT2D eigenvalue weighted by Gasteiger charge is -2.12. The molecule has 31 heavy (non-hydrogen) atoms. The minimum atomic E-state index is -0.273. The van der Waals surface area contributed by atoms with Crippen LogP contribution in [0.2, 0.25) is 0 Å². The van der Waals surface area contributed by atoms with E-state index in [-0.39, 0.29) is 11.5 Å². The molecule has 1 aliphatic heterocycles. The number of anilines is 1. The van der Waals surface area contributed by atoms with Gasteiger partial charge in [0.25, 0.3) is 11.5 Å². The normalized spacial score (nSPS) is 15.5. The lowest BCUT2D eigenvalue weighted by atomic mass is 10.0. The molecule has 158 valence electrons. The van der Waals surface area contributed by atoms with Gasteiger partial charge in [-0.15, -0.1) is 0 Å². The van der Waals surface area contributed by atoms with Gasteiger partial charge in [-0.1, -0.05) is 80.3 Å². The smallest absolute Gasteiger partial charge is 0.283 e. The van der Waals surface area contributed by atoms with Gasteiger partial charge in [-0.2, -0.15) is 0 Å². The first kappa shape index (κ1) is 21.3. The first-order chi connectivity index (χ1) is 14.8. The minimum Gasteiger partial charge on any atom is -0.283 e. The van der Waals surface area contributed by atoms with Crippen LogP contribution in [0.1, 0.15) is 36.6 Å². The van der Waals surface area contributed by atoms with Crippen molar-refractivity contribution in [2.24, 2.45) is 7.05 Å². The zero-order valence-corrected chi connectivity index (χ0v) is 19.5. The summed E-state index contributed by atoms with van der Waals surface area (Å²) in [4.78, 5) is 28.4. The standard InChI is InChI=1S/C24H23N3O2S2/c1-15(2)18-12-10-17(11-13-18)14-20-22(28)26(24(30)31-20)21-16(3)25(4)27(23(21)29)19-8-6-5-7-9-19/h5-15H,1-4H3/b20-14+. The Kier molecular flexibility index (Phi) is 5.73. The number of hydrogen-bond acceptors (Lipinski definition) is 4. The largest absolute Gasteiger partial charge is 0.296 e. The van der Waals surface area contributed by atoms with Crippen molar-refractivity contribution in [1.29, 1.82) is 0 Å². The summed E-state index contributed by atoms with van der Waals surface area (Å²) in [5.74, 6) is 0.175. The summed E-state index contributed by atoms with van der Waals surface area (Å²) >= 11 is 6.73. The number of aromatic nitrogens is 2. The number of para-hydroxylation sites is 1. The van der Waals surface area contributed by atoms with Gasteiger partial charge in [0, 0.05) is 7.05 Å². The quantitative estimate of drug-likeness (QED) is 0.415. The van der Waals surface area contributed by atoms with E-state index in [9.17, 15) is 9.59 Å². The highest BCUT2D eigenvalue weighted by molar-refractivity contribution is 8.27. The highest BCUT2D eigenvalue weighted by atomic mass is 32.2. The summed E-state index contributed by atoms with van der Waals surface area (Å²) in [7, 11) is 1.80. The fourth-order valence-corrected chi connectivity index (χ4v) is 4.87. The second-order valence-electron chi connectivity index (χ2n) is 7.75. The average Bonchev–Trinajstić information content (AvgIpc) is 3.14. The average molecular weight is 450 g/mol. The predicted molar refractivity (Wildman–Crippen MR) is 132 cm³/mol. The third kappa shape index (κ3) is 3.79. The molecule has 0 radical (unpaired) electrons. The maximum Gasteiger partial charge on any atom is 0.296 e. The van der Waals surface area contributed by atoms with Crippen LogP contribution in [0.25, 0.3) is 11.8 Å². The molecule has 4 rings (SSSR count). The molecule has 2 aromatic carbocycles. The fourth-order valence-electron chi connectivity index (χ4n) is 3.60. The van der Waals surface area contributed by atoms with Gasteiger partial charge in [-0.05, 0) is 42.2 Å². The van der Waals surface area contributed by atoms with Crippen molar-refractivity contribution in [3.63, 3.8) is 0 Å². The van der Waals surface area contributed by atoms with Gasteiger partial charge in [0.2, 0.25) is 0 Å². The van der Waals surface area contributed by atoms with E-state index in [1.807, 2.05) is 55.5 Å². The molecule has 0 aliphatic carbocycles. The van der Waals surface area contributed by atoms with Crippen LogP contribution >= 0.6 is 24.0 Å². The van der Waals surface area contributed by atoms with Crippen molar-refractivity contribution >= 4 is 46.0 Å². The van der Waals surface area contributed by atoms with E-state index in [0.717, 1.165) is 11.3 Å². The molecule has 0 spiro atoms. The Morgan fingerprint density at radius 3 is 2.26 bits per heavy atom. The Morgan fingerprint density at radius 1 is 1.00 bits per heavy atom. The second-order valence-corrected chi connectivity index (χ2v) is 9.42. The molecule has 2 heterocycles. The molecule has 1 amide bonds. The number of benzene rings is 2. The van der Waals surface area contributed by atoms with Crippen LogP contribution in [-0.2, 0) is 11.8 Å². The first-order valence-corrected chi connectivity index (χ1v) is 11.2. The zero-order chi connectivity index (χ0) is 22.3.